The zero-order valence-corrected chi connectivity index (χ0v) is 11.9. The molecule has 2 heterocycles. The third-order valence-corrected chi connectivity index (χ3v) is 4.25. The molecular weight excluding hydrogens is 295 g/mol. The summed E-state index contributed by atoms with van der Waals surface area (Å²) in [6.07, 6.45) is 0.0764. The van der Waals surface area contributed by atoms with E-state index >= 15 is 0 Å². The van der Waals surface area contributed by atoms with E-state index in [-0.39, 0.29) is 12.2 Å². The molecule has 0 atom stereocenters. The van der Waals surface area contributed by atoms with Crippen LogP contribution in [-0.2, 0) is 11.5 Å². The van der Waals surface area contributed by atoms with Crippen molar-refractivity contribution in [2.45, 2.75) is 18.2 Å². The lowest BCUT2D eigenvalue weighted by molar-refractivity contribution is -0.137. The molecule has 3 rings (SSSR count). The predicted octanol–water partition coefficient (Wildman–Crippen LogP) is 1.88. The van der Waals surface area contributed by atoms with E-state index in [1.54, 1.807) is 18.2 Å². The van der Waals surface area contributed by atoms with Gasteiger partial charge in [-0.25, -0.2) is 4.39 Å². The van der Waals surface area contributed by atoms with Gasteiger partial charge in [0, 0.05) is 6.54 Å². The normalized spacial score (nSPS) is 14.9. The summed E-state index contributed by atoms with van der Waals surface area (Å²) in [4.78, 5) is 12.6. The maximum absolute atomic E-state index is 13.9. The molecule has 0 amide bonds. The molecule has 1 aromatic heterocycles. The van der Waals surface area contributed by atoms with Gasteiger partial charge in [0.25, 0.3) is 0 Å². The minimum Gasteiger partial charge on any atom is -0.481 e. The monoisotopic (exact) mass is 308 g/mol. The van der Waals surface area contributed by atoms with E-state index in [4.69, 9.17) is 5.11 Å². The van der Waals surface area contributed by atoms with Crippen LogP contribution < -0.4 is 0 Å². The Morgan fingerprint density at radius 2 is 2.19 bits per heavy atom. The SMILES string of the molecule is O=C(O)CCN1CSc2nnc(-c3ccccc3F)n2C1. The third-order valence-electron chi connectivity index (χ3n) is 3.19. The molecule has 21 heavy (non-hydrogen) atoms. The van der Waals surface area contributed by atoms with Crippen LogP contribution in [0.3, 0.4) is 0 Å². The topological polar surface area (TPSA) is 71.2 Å². The van der Waals surface area contributed by atoms with Crippen molar-refractivity contribution in [1.29, 1.82) is 0 Å². The molecule has 1 N–H and O–H groups in total. The maximum atomic E-state index is 13.9. The number of carbonyl (C=O) groups is 1. The predicted molar refractivity (Wildman–Crippen MR) is 75.1 cm³/mol. The first kappa shape index (κ1) is 14.0. The van der Waals surface area contributed by atoms with Crippen molar-refractivity contribution in [2.24, 2.45) is 0 Å². The minimum atomic E-state index is -0.830. The highest BCUT2D eigenvalue weighted by molar-refractivity contribution is 7.99. The molecule has 1 aliphatic rings. The summed E-state index contributed by atoms with van der Waals surface area (Å²) in [7, 11) is 0. The Kier molecular flexibility index (Phi) is 3.89. The van der Waals surface area contributed by atoms with E-state index in [0.29, 0.717) is 30.5 Å². The van der Waals surface area contributed by atoms with Gasteiger partial charge in [-0.1, -0.05) is 23.9 Å². The first-order valence-corrected chi connectivity index (χ1v) is 7.39. The van der Waals surface area contributed by atoms with Gasteiger partial charge < -0.3 is 5.11 Å². The Hall–Kier alpha value is -1.93. The summed E-state index contributed by atoms with van der Waals surface area (Å²) in [5.41, 5.74) is 0.400. The molecule has 0 bridgehead atoms. The highest BCUT2D eigenvalue weighted by Crippen LogP contribution is 2.29. The van der Waals surface area contributed by atoms with E-state index in [1.165, 1.54) is 17.8 Å². The molecule has 1 aliphatic heterocycles. The number of hydrogen-bond acceptors (Lipinski definition) is 5. The number of rotatable bonds is 4. The summed E-state index contributed by atoms with van der Waals surface area (Å²) >= 11 is 1.47. The van der Waals surface area contributed by atoms with Crippen LogP contribution in [0.1, 0.15) is 6.42 Å². The van der Waals surface area contributed by atoms with Crippen LogP contribution in [0.5, 0.6) is 0 Å². The van der Waals surface area contributed by atoms with Crippen molar-refractivity contribution in [3.8, 4) is 11.4 Å². The fraction of sp³-hybridized carbons (Fsp3) is 0.308. The number of carboxylic acids is 1. The first-order chi connectivity index (χ1) is 10.1. The van der Waals surface area contributed by atoms with Crippen molar-refractivity contribution < 1.29 is 14.3 Å². The summed E-state index contributed by atoms with van der Waals surface area (Å²) < 4.78 is 15.7. The Labute approximate surface area is 124 Å². The third kappa shape index (κ3) is 2.91. The molecule has 1 aromatic carbocycles. The molecule has 8 heteroatoms. The highest BCUT2D eigenvalue weighted by Gasteiger charge is 2.23. The number of benzene rings is 1. The molecule has 0 saturated carbocycles. The van der Waals surface area contributed by atoms with Gasteiger partial charge >= 0.3 is 5.97 Å². The number of halogens is 1. The number of hydrogen-bond donors (Lipinski definition) is 1. The highest BCUT2D eigenvalue weighted by atomic mass is 32.2. The summed E-state index contributed by atoms with van der Waals surface area (Å²) in [5.74, 6) is -0.0530. The molecule has 0 aliphatic carbocycles. The Balaban J connectivity index is 1.86. The summed E-state index contributed by atoms with van der Waals surface area (Å²) in [6, 6.07) is 6.42. The fourth-order valence-corrected chi connectivity index (χ4v) is 3.05. The number of fused-ring (bicyclic) bond motifs is 1. The number of carboxylic acid groups (broad SMARTS) is 1. The second kappa shape index (κ2) is 5.82. The minimum absolute atomic E-state index is 0.0764. The molecule has 0 saturated heterocycles. The van der Waals surface area contributed by atoms with E-state index < -0.39 is 5.97 Å². The van der Waals surface area contributed by atoms with Crippen molar-refractivity contribution in [2.75, 3.05) is 12.4 Å². The van der Waals surface area contributed by atoms with Gasteiger partial charge in [-0.3, -0.25) is 14.3 Å². The Bertz CT molecular complexity index is 676. The van der Waals surface area contributed by atoms with Crippen LogP contribution in [-0.4, -0.2) is 43.2 Å². The van der Waals surface area contributed by atoms with Gasteiger partial charge in [0.1, 0.15) is 5.82 Å². The molecule has 6 nitrogen and oxygen atoms in total. The number of nitrogens with zero attached hydrogens (tertiary/aromatic N) is 4. The average molecular weight is 308 g/mol. The van der Waals surface area contributed by atoms with Gasteiger partial charge in [-0.05, 0) is 12.1 Å². The smallest absolute Gasteiger partial charge is 0.304 e. The van der Waals surface area contributed by atoms with Crippen LogP contribution >= 0.6 is 11.8 Å². The van der Waals surface area contributed by atoms with Crippen molar-refractivity contribution >= 4 is 17.7 Å². The van der Waals surface area contributed by atoms with Crippen LogP contribution in [0.25, 0.3) is 11.4 Å². The quantitative estimate of drug-likeness (QED) is 0.930. The lowest BCUT2D eigenvalue weighted by atomic mass is 10.2. The van der Waals surface area contributed by atoms with Crippen molar-refractivity contribution in [3.05, 3.63) is 30.1 Å². The van der Waals surface area contributed by atoms with E-state index in [1.807, 2.05) is 9.47 Å². The average Bonchev–Trinajstić information content (AvgIpc) is 2.88. The molecule has 0 fully saturated rings. The van der Waals surface area contributed by atoms with Gasteiger partial charge in [0.2, 0.25) is 0 Å². The molecule has 0 spiro atoms. The maximum Gasteiger partial charge on any atom is 0.304 e. The zero-order valence-electron chi connectivity index (χ0n) is 11.1. The summed E-state index contributed by atoms with van der Waals surface area (Å²) in [5, 5.41) is 17.6. The largest absolute Gasteiger partial charge is 0.481 e. The Morgan fingerprint density at radius 3 is 2.95 bits per heavy atom. The fourth-order valence-electron chi connectivity index (χ4n) is 2.14. The van der Waals surface area contributed by atoms with Crippen LogP contribution in [0.4, 0.5) is 4.39 Å². The second-order valence-electron chi connectivity index (χ2n) is 4.67. The molecular formula is C13H13FN4O2S. The molecule has 110 valence electrons. The Morgan fingerprint density at radius 1 is 1.38 bits per heavy atom. The number of aromatic nitrogens is 3. The van der Waals surface area contributed by atoms with E-state index in [0.717, 1.165) is 5.16 Å². The molecule has 2 aromatic rings. The van der Waals surface area contributed by atoms with Crippen LogP contribution in [0, 0.1) is 5.82 Å². The van der Waals surface area contributed by atoms with Crippen LogP contribution in [0.15, 0.2) is 29.4 Å². The van der Waals surface area contributed by atoms with Crippen molar-refractivity contribution in [3.63, 3.8) is 0 Å². The second-order valence-corrected chi connectivity index (χ2v) is 5.58. The number of thioether (sulfide) groups is 1. The van der Waals surface area contributed by atoms with E-state index in [2.05, 4.69) is 10.2 Å². The van der Waals surface area contributed by atoms with E-state index in [9.17, 15) is 9.18 Å². The van der Waals surface area contributed by atoms with Gasteiger partial charge in [0.15, 0.2) is 11.0 Å². The van der Waals surface area contributed by atoms with Crippen molar-refractivity contribution in [1.82, 2.24) is 19.7 Å². The van der Waals surface area contributed by atoms with Gasteiger partial charge in [-0.15, -0.1) is 10.2 Å². The standard InChI is InChI=1S/C13H13FN4O2S/c14-10-4-2-1-3-9(10)12-15-16-13-18(12)7-17(8-21-13)6-5-11(19)20/h1-4H,5-8H2,(H,19,20). The summed E-state index contributed by atoms with van der Waals surface area (Å²) in [6.45, 7) is 0.906. The zero-order chi connectivity index (χ0) is 14.8. The molecule has 0 radical (unpaired) electrons. The van der Waals surface area contributed by atoms with Gasteiger partial charge in [-0.2, -0.15) is 0 Å². The lowest BCUT2D eigenvalue weighted by Gasteiger charge is -2.27. The van der Waals surface area contributed by atoms with Gasteiger partial charge in [0.05, 0.1) is 24.5 Å². The lowest BCUT2D eigenvalue weighted by Crippen LogP contribution is -2.32. The first-order valence-electron chi connectivity index (χ1n) is 6.40. The van der Waals surface area contributed by atoms with Crippen LogP contribution in [0.2, 0.25) is 0 Å². The molecule has 0 unspecified atom stereocenters. The number of aliphatic carboxylic acids is 1.